The predicted molar refractivity (Wildman–Crippen MR) is 178 cm³/mol. The van der Waals surface area contributed by atoms with Crippen molar-refractivity contribution in [2.75, 3.05) is 6.79 Å². The van der Waals surface area contributed by atoms with E-state index in [-0.39, 0.29) is 11.7 Å². The van der Waals surface area contributed by atoms with Gasteiger partial charge in [0.2, 0.25) is 10.0 Å². The van der Waals surface area contributed by atoms with Gasteiger partial charge in [0.05, 0.1) is 4.90 Å². The maximum Gasteiger partial charge on any atom is 0.256 e. The highest BCUT2D eigenvalue weighted by Gasteiger charge is 2.59. The number of sulfonamides is 1. The van der Waals surface area contributed by atoms with Crippen molar-refractivity contribution in [1.29, 1.82) is 0 Å². The highest BCUT2D eigenvalue weighted by Crippen LogP contribution is 2.48. The van der Waals surface area contributed by atoms with E-state index in [2.05, 4.69) is 9.81 Å². The topological polar surface area (TPSA) is 114 Å². The van der Waals surface area contributed by atoms with E-state index in [1.807, 2.05) is 128 Å². The first-order valence-electron chi connectivity index (χ1n) is 14.8. The van der Waals surface area contributed by atoms with Crippen LogP contribution in [0.3, 0.4) is 0 Å². The quantitative estimate of drug-likeness (QED) is 0.153. The number of ether oxygens (including phenoxy) is 2. The van der Waals surface area contributed by atoms with Crippen LogP contribution in [0.1, 0.15) is 27.8 Å². The van der Waals surface area contributed by atoms with Gasteiger partial charge in [-0.15, -0.1) is 0 Å². The van der Waals surface area contributed by atoms with E-state index < -0.39 is 41.5 Å². The maximum absolute atomic E-state index is 14.4. The van der Waals surface area contributed by atoms with Gasteiger partial charge in [-0.05, 0) is 41.3 Å². The molecule has 5 aromatic carbocycles. The molecule has 1 heterocycles. The zero-order valence-electron chi connectivity index (χ0n) is 25.1. The number of nitrogens with one attached hydrogen (secondary N) is 2. The Balaban J connectivity index is 1.66. The monoisotopic (exact) mass is 654 g/mol. The van der Waals surface area contributed by atoms with Crippen molar-refractivity contribution in [1.82, 2.24) is 9.81 Å². The lowest BCUT2D eigenvalue weighted by Crippen LogP contribution is -2.64. The summed E-state index contributed by atoms with van der Waals surface area (Å²) in [6.45, 7) is 1.70. The number of rotatable bonds is 11. The summed E-state index contributed by atoms with van der Waals surface area (Å²) in [5, 5.41) is 2.99. The molecule has 0 saturated carbocycles. The second kappa shape index (κ2) is 13.4. The normalized spacial score (nSPS) is 17.9. The Hall–Kier alpha value is -3.92. The molecule has 8 nitrogen and oxygen atoms in total. The molecule has 10 heteroatoms. The lowest BCUT2D eigenvalue weighted by atomic mass is 9.69. The van der Waals surface area contributed by atoms with Crippen molar-refractivity contribution < 1.29 is 27.3 Å². The summed E-state index contributed by atoms with van der Waals surface area (Å²) >= 11 is 0. The number of hydrogen-bond donors (Lipinski definition) is 3. The summed E-state index contributed by atoms with van der Waals surface area (Å²) in [5.74, 6) is 0. The average molecular weight is 655 g/mol. The fourth-order valence-corrected chi connectivity index (χ4v) is 8.56. The van der Waals surface area contributed by atoms with Crippen LogP contribution in [0.5, 0.6) is 0 Å². The van der Waals surface area contributed by atoms with Gasteiger partial charge in [-0.25, -0.2) is 13.5 Å². The zero-order valence-corrected chi connectivity index (χ0v) is 26.9. The Bertz CT molecular complexity index is 1800. The van der Waals surface area contributed by atoms with Crippen LogP contribution >= 0.6 is 8.18 Å². The van der Waals surface area contributed by atoms with Crippen LogP contribution in [0.25, 0.3) is 0 Å². The third-order valence-electron chi connectivity index (χ3n) is 8.47. The fraction of sp³-hybridized carbons (Fsp3) is 0.167. The molecule has 46 heavy (non-hydrogen) atoms. The van der Waals surface area contributed by atoms with Crippen molar-refractivity contribution in [2.45, 2.75) is 35.1 Å². The third kappa shape index (κ3) is 5.99. The molecule has 5 aromatic rings. The molecule has 1 saturated heterocycles. The van der Waals surface area contributed by atoms with Gasteiger partial charge in [0.25, 0.3) is 8.18 Å². The summed E-state index contributed by atoms with van der Waals surface area (Å²) < 4.78 is 57.8. The molecule has 0 aromatic heterocycles. The molecule has 3 atom stereocenters. The van der Waals surface area contributed by atoms with Crippen LogP contribution in [0.4, 0.5) is 0 Å². The van der Waals surface area contributed by atoms with Gasteiger partial charge < -0.3 is 14.4 Å². The van der Waals surface area contributed by atoms with Gasteiger partial charge in [0.1, 0.15) is 30.1 Å². The summed E-state index contributed by atoms with van der Waals surface area (Å²) in [6.07, 6.45) is -2.09. The first-order valence-corrected chi connectivity index (χ1v) is 17.7. The average Bonchev–Trinajstić information content (AvgIpc) is 3.59. The van der Waals surface area contributed by atoms with Gasteiger partial charge in [0, 0.05) is 0 Å². The first-order chi connectivity index (χ1) is 22.3. The van der Waals surface area contributed by atoms with Crippen LogP contribution in [0, 0.1) is 6.92 Å². The van der Waals surface area contributed by atoms with E-state index >= 15 is 0 Å². The number of hydrogen-bond acceptors (Lipinski definition) is 5. The molecule has 0 spiro atoms. The first kappa shape index (κ1) is 32.0. The predicted octanol–water partition coefficient (Wildman–Crippen LogP) is 5.87. The largest absolute Gasteiger partial charge is 0.347 e. The van der Waals surface area contributed by atoms with Crippen LogP contribution in [-0.4, -0.2) is 32.3 Å². The molecule has 0 amide bonds. The van der Waals surface area contributed by atoms with E-state index in [4.69, 9.17) is 9.47 Å². The molecule has 0 radical (unpaired) electrons. The summed E-state index contributed by atoms with van der Waals surface area (Å²) in [5.41, 5.74) is 0.391. The lowest BCUT2D eigenvalue weighted by Gasteiger charge is -2.47. The van der Waals surface area contributed by atoms with E-state index in [1.165, 1.54) is 0 Å². The molecule has 1 aliphatic rings. The molecule has 3 N–H and O–H groups in total. The molecular weight excluding hydrogens is 619 g/mol. The van der Waals surface area contributed by atoms with Gasteiger partial charge >= 0.3 is 0 Å². The van der Waals surface area contributed by atoms with Gasteiger partial charge in [-0.3, -0.25) is 4.57 Å². The SMILES string of the molecule is Cc1ccc(S(=O)(=O)NC(c2ccccc2)(c2ccccc2)C2OCOC2C(N[PH](=O)O)(c2ccccc2)c2ccccc2)cc1. The summed E-state index contributed by atoms with van der Waals surface area (Å²) in [4.78, 5) is 10.7. The molecule has 3 unspecified atom stereocenters. The van der Waals surface area contributed by atoms with E-state index in [1.54, 1.807) is 24.3 Å². The Labute approximate surface area is 270 Å². The molecule has 0 aliphatic carbocycles. The highest BCUT2D eigenvalue weighted by molar-refractivity contribution is 7.89. The van der Waals surface area contributed by atoms with Gasteiger partial charge in [0.15, 0.2) is 0 Å². The highest BCUT2D eigenvalue weighted by atomic mass is 32.2. The van der Waals surface area contributed by atoms with Crippen LogP contribution in [-0.2, 0) is 35.1 Å². The van der Waals surface area contributed by atoms with E-state index in [0.29, 0.717) is 22.3 Å². The molecule has 1 aliphatic heterocycles. The van der Waals surface area contributed by atoms with Crippen LogP contribution < -0.4 is 9.81 Å². The minimum atomic E-state index is -4.20. The van der Waals surface area contributed by atoms with Crippen molar-refractivity contribution in [3.05, 3.63) is 173 Å². The molecule has 236 valence electrons. The minimum absolute atomic E-state index is 0.0840. The number of aryl methyl sites for hydroxylation is 1. The standard InChI is InChI=1S/C36H35N2O6PS/c1-27-22-24-32(25-23-27)46(41,42)38-36(30-18-10-4-11-19-30,31-20-12-5-13-21-31)34-33(43-26-44-34)35(37-45(39)40,28-14-6-2-7-15-28)29-16-8-3-9-17-29/h2-25,33-34,38,45H,26H2,1H3,(H2,37,39,40). The second-order valence-electron chi connectivity index (χ2n) is 11.2. The number of benzene rings is 5. The molecule has 0 bridgehead atoms. The van der Waals surface area contributed by atoms with Crippen molar-refractivity contribution in [3.8, 4) is 0 Å². The van der Waals surface area contributed by atoms with E-state index in [9.17, 15) is 17.9 Å². The van der Waals surface area contributed by atoms with E-state index in [0.717, 1.165) is 5.56 Å². The Morgan fingerprint density at radius 2 is 1.00 bits per heavy atom. The molecular formula is C36H35N2O6PS. The summed E-state index contributed by atoms with van der Waals surface area (Å²) in [6, 6.07) is 43.6. The molecule has 6 rings (SSSR count). The van der Waals surface area contributed by atoms with Gasteiger partial charge in [-0.2, -0.15) is 4.72 Å². The van der Waals surface area contributed by atoms with Crippen molar-refractivity contribution in [2.24, 2.45) is 0 Å². The summed E-state index contributed by atoms with van der Waals surface area (Å²) in [7, 11) is -7.57. The lowest BCUT2D eigenvalue weighted by molar-refractivity contribution is 0.0201. The van der Waals surface area contributed by atoms with Gasteiger partial charge in [-0.1, -0.05) is 139 Å². The van der Waals surface area contributed by atoms with Crippen LogP contribution in [0.2, 0.25) is 0 Å². The Kier molecular flexibility index (Phi) is 9.36. The third-order valence-corrected chi connectivity index (χ3v) is 10.6. The second-order valence-corrected chi connectivity index (χ2v) is 13.8. The maximum atomic E-state index is 14.4. The Morgan fingerprint density at radius 1 is 0.630 bits per heavy atom. The van der Waals surface area contributed by atoms with Crippen molar-refractivity contribution >= 4 is 18.2 Å². The zero-order chi connectivity index (χ0) is 32.2. The fourth-order valence-electron chi connectivity index (χ4n) is 6.41. The Morgan fingerprint density at radius 3 is 1.39 bits per heavy atom. The minimum Gasteiger partial charge on any atom is -0.347 e. The van der Waals surface area contributed by atoms with Crippen molar-refractivity contribution in [3.63, 3.8) is 0 Å². The smallest absolute Gasteiger partial charge is 0.256 e. The van der Waals surface area contributed by atoms with Crippen LogP contribution in [0.15, 0.2) is 150 Å². The molecule has 1 fully saturated rings.